The summed E-state index contributed by atoms with van der Waals surface area (Å²) in [5, 5.41) is 7.65. The van der Waals surface area contributed by atoms with E-state index in [1.165, 1.54) is 0 Å². The lowest BCUT2D eigenvalue weighted by atomic mass is 10.1. The van der Waals surface area contributed by atoms with Crippen LogP contribution in [-0.4, -0.2) is 35.1 Å². The Hall–Kier alpha value is -0.870. The van der Waals surface area contributed by atoms with E-state index in [4.69, 9.17) is 4.74 Å². The quantitative estimate of drug-likeness (QED) is 0.767. The summed E-state index contributed by atoms with van der Waals surface area (Å²) in [5.74, 6) is 0. The maximum atomic E-state index is 5.36. The maximum Gasteiger partial charge on any atom is 0.0746 e. The molecule has 0 bridgehead atoms. The van der Waals surface area contributed by atoms with Crippen molar-refractivity contribution in [1.82, 2.24) is 15.1 Å². The average Bonchev–Trinajstić information content (AvgIpc) is 2.76. The Labute approximate surface area is 98.0 Å². The number of aryl methyl sites for hydroxylation is 1. The summed E-state index contributed by atoms with van der Waals surface area (Å²) in [4.78, 5) is 0. The molecule has 0 saturated carbocycles. The van der Waals surface area contributed by atoms with Crippen molar-refractivity contribution in [2.75, 3.05) is 13.7 Å². The molecule has 4 heteroatoms. The molecule has 0 amide bonds. The van der Waals surface area contributed by atoms with Crippen LogP contribution in [0, 0.1) is 0 Å². The van der Waals surface area contributed by atoms with Gasteiger partial charge in [0, 0.05) is 38.6 Å². The second-order valence-corrected chi connectivity index (χ2v) is 4.80. The molecule has 0 saturated heterocycles. The third-order valence-electron chi connectivity index (χ3n) is 2.78. The number of rotatable bonds is 7. The van der Waals surface area contributed by atoms with E-state index in [9.17, 15) is 0 Å². The summed E-state index contributed by atoms with van der Waals surface area (Å²) in [5.41, 5.74) is -0.0973. The smallest absolute Gasteiger partial charge is 0.0746 e. The van der Waals surface area contributed by atoms with E-state index in [1.54, 1.807) is 7.11 Å². The molecule has 1 N–H and O–H groups in total. The number of nitrogens with zero attached hydrogens (tertiary/aromatic N) is 2. The van der Waals surface area contributed by atoms with Crippen LogP contribution in [0.4, 0.5) is 0 Å². The van der Waals surface area contributed by atoms with Crippen molar-refractivity contribution in [3.63, 3.8) is 0 Å². The Kier molecular flexibility index (Phi) is 4.96. The van der Waals surface area contributed by atoms with Gasteiger partial charge in [-0.25, -0.2) is 0 Å². The van der Waals surface area contributed by atoms with Crippen LogP contribution in [0.3, 0.4) is 0 Å². The average molecular weight is 225 g/mol. The number of aromatic nitrogens is 2. The molecule has 92 valence electrons. The van der Waals surface area contributed by atoms with Crippen LogP contribution >= 0.6 is 0 Å². The monoisotopic (exact) mass is 225 g/mol. The van der Waals surface area contributed by atoms with Crippen LogP contribution in [0.15, 0.2) is 18.5 Å². The molecule has 0 aliphatic carbocycles. The van der Waals surface area contributed by atoms with Gasteiger partial charge in [-0.3, -0.25) is 4.68 Å². The van der Waals surface area contributed by atoms with Crippen molar-refractivity contribution in [3.05, 3.63) is 18.5 Å². The number of hydrogen-bond donors (Lipinski definition) is 1. The molecule has 4 nitrogen and oxygen atoms in total. The molecule has 1 atom stereocenters. The third-order valence-corrected chi connectivity index (χ3v) is 2.78. The van der Waals surface area contributed by atoms with Crippen LogP contribution in [0.1, 0.15) is 27.2 Å². The van der Waals surface area contributed by atoms with E-state index in [0.717, 1.165) is 19.5 Å². The van der Waals surface area contributed by atoms with Gasteiger partial charge in [-0.2, -0.15) is 5.10 Å². The molecule has 0 aliphatic rings. The fourth-order valence-electron chi connectivity index (χ4n) is 1.35. The van der Waals surface area contributed by atoms with Gasteiger partial charge in [0.1, 0.15) is 0 Å². The summed E-state index contributed by atoms with van der Waals surface area (Å²) in [6.07, 6.45) is 4.87. The topological polar surface area (TPSA) is 39.1 Å². The minimum Gasteiger partial charge on any atom is -0.377 e. The fraction of sp³-hybridized carbons (Fsp3) is 0.750. The number of ether oxygens (including phenoxy) is 1. The Bertz CT molecular complexity index is 282. The van der Waals surface area contributed by atoms with Crippen LogP contribution in [0.2, 0.25) is 0 Å². The van der Waals surface area contributed by atoms with Gasteiger partial charge in [-0.15, -0.1) is 0 Å². The highest BCUT2D eigenvalue weighted by Gasteiger charge is 2.16. The summed E-state index contributed by atoms with van der Waals surface area (Å²) in [7, 11) is 1.75. The summed E-state index contributed by atoms with van der Waals surface area (Å²) >= 11 is 0. The van der Waals surface area contributed by atoms with E-state index < -0.39 is 0 Å². The maximum absolute atomic E-state index is 5.36. The van der Waals surface area contributed by atoms with E-state index in [1.807, 2.05) is 23.1 Å². The predicted molar refractivity (Wildman–Crippen MR) is 65.4 cm³/mol. The zero-order chi connectivity index (χ0) is 12.0. The van der Waals surface area contributed by atoms with Crippen molar-refractivity contribution in [2.45, 2.75) is 45.4 Å². The lowest BCUT2D eigenvalue weighted by Crippen LogP contribution is -2.41. The Balaban J connectivity index is 2.18. The molecule has 16 heavy (non-hydrogen) atoms. The lowest BCUT2D eigenvalue weighted by Gasteiger charge is -2.25. The highest BCUT2D eigenvalue weighted by Crippen LogP contribution is 2.06. The molecule has 1 aromatic heterocycles. The molecule has 1 rings (SSSR count). The highest BCUT2D eigenvalue weighted by atomic mass is 16.5. The Morgan fingerprint density at radius 2 is 2.25 bits per heavy atom. The number of nitrogens with one attached hydrogen (secondary N) is 1. The molecular formula is C12H23N3O. The highest BCUT2D eigenvalue weighted by molar-refractivity contribution is 4.78. The second kappa shape index (κ2) is 6.01. The van der Waals surface area contributed by atoms with Gasteiger partial charge < -0.3 is 10.1 Å². The molecular weight excluding hydrogens is 202 g/mol. The minimum absolute atomic E-state index is 0.0973. The SMILES string of the molecule is COC(C)(C)CNC(C)CCn1cccn1. The van der Waals surface area contributed by atoms with Gasteiger partial charge in [0.15, 0.2) is 0 Å². The first-order valence-electron chi connectivity index (χ1n) is 5.79. The van der Waals surface area contributed by atoms with Crippen LogP contribution in [0.25, 0.3) is 0 Å². The summed E-state index contributed by atoms with van der Waals surface area (Å²) in [6.45, 7) is 8.17. The summed E-state index contributed by atoms with van der Waals surface area (Å²) in [6, 6.07) is 2.42. The minimum atomic E-state index is -0.0973. The van der Waals surface area contributed by atoms with E-state index in [-0.39, 0.29) is 5.60 Å². The first-order chi connectivity index (χ1) is 7.53. The van der Waals surface area contributed by atoms with Crippen LogP contribution in [0.5, 0.6) is 0 Å². The van der Waals surface area contributed by atoms with Crippen molar-refractivity contribution >= 4 is 0 Å². The van der Waals surface area contributed by atoms with Crippen molar-refractivity contribution in [1.29, 1.82) is 0 Å². The molecule has 0 fully saturated rings. The largest absolute Gasteiger partial charge is 0.377 e. The predicted octanol–water partition coefficient (Wildman–Crippen LogP) is 1.68. The van der Waals surface area contributed by atoms with Crippen LogP contribution < -0.4 is 5.32 Å². The normalized spacial score (nSPS) is 14.0. The van der Waals surface area contributed by atoms with Crippen molar-refractivity contribution < 1.29 is 4.74 Å². The fourth-order valence-corrected chi connectivity index (χ4v) is 1.35. The van der Waals surface area contributed by atoms with Gasteiger partial charge in [-0.1, -0.05) is 0 Å². The Morgan fingerprint density at radius 3 is 2.81 bits per heavy atom. The van der Waals surface area contributed by atoms with Gasteiger partial charge >= 0.3 is 0 Å². The van der Waals surface area contributed by atoms with Gasteiger partial charge in [0.25, 0.3) is 0 Å². The second-order valence-electron chi connectivity index (χ2n) is 4.80. The van der Waals surface area contributed by atoms with Gasteiger partial charge in [0.2, 0.25) is 0 Å². The molecule has 0 spiro atoms. The lowest BCUT2D eigenvalue weighted by molar-refractivity contribution is 0.0211. The molecule has 1 heterocycles. The molecule has 0 aliphatic heterocycles. The van der Waals surface area contributed by atoms with E-state index >= 15 is 0 Å². The first-order valence-corrected chi connectivity index (χ1v) is 5.79. The molecule has 0 radical (unpaired) electrons. The van der Waals surface area contributed by atoms with Crippen molar-refractivity contribution in [3.8, 4) is 0 Å². The zero-order valence-corrected chi connectivity index (χ0v) is 10.7. The molecule has 0 aromatic carbocycles. The van der Waals surface area contributed by atoms with Crippen LogP contribution in [-0.2, 0) is 11.3 Å². The zero-order valence-electron chi connectivity index (χ0n) is 10.7. The number of hydrogen-bond acceptors (Lipinski definition) is 3. The Morgan fingerprint density at radius 1 is 1.50 bits per heavy atom. The van der Waals surface area contributed by atoms with E-state index in [2.05, 4.69) is 31.2 Å². The van der Waals surface area contributed by atoms with Crippen molar-refractivity contribution in [2.24, 2.45) is 0 Å². The summed E-state index contributed by atoms with van der Waals surface area (Å²) < 4.78 is 7.32. The number of methoxy groups -OCH3 is 1. The van der Waals surface area contributed by atoms with Gasteiger partial charge in [-0.05, 0) is 33.3 Å². The third kappa shape index (κ3) is 4.77. The first kappa shape index (κ1) is 13.2. The standard InChI is InChI=1S/C12H23N3O/c1-11(13-10-12(2,3)16-4)6-9-15-8-5-7-14-15/h5,7-8,11,13H,6,9-10H2,1-4H3. The molecule has 1 aromatic rings. The van der Waals surface area contributed by atoms with E-state index in [0.29, 0.717) is 6.04 Å². The molecule has 1 unspecified atom stereocenters. The van der Waals surface area contributed by atoms with Gasteiger partial charge in [0.05, 0.1) is 5.60 Å².